The van der Waals surface area contributed by atoms with Crippen LogP contribution < -0.4 is 9.47 Å². The molecule has 0 aliphatic rings. The maximum atomic E-state index is 5.53. The van der Waals surface area contributed by atoms with Crippen molar-refractivity contribution in [3.8, 4) is 17.5 Å². The minimum atomic E-state index is 0.469. The molecule has 0 atom stereocenters. The van der Waals surface area contributed by atoms with Crippen LogP contribution in [0, 0.1) is 6.92 Å². The molecule has 0 bridgehead atoms. The Morgan fingerprint density at radius 3 is 2.53 bits per heavy atom. The molecule has 2 aromatic rings. The van der Waals surface area contributed by atoms with Gasteiger partial charge in [0.2, 0.25) is 0 Å². The summed E-state index contributed by atoms with van der Waals surface area (Å²) in [5.41, 5.74) is 0.958. The number of methoxy groups -OCH3 is 1. The van der Waals surface area contributed by atoms with Crippen LogP contribution in [0.2, 0.25) is 0 Å². The third-order valence-corrected chi connectivity index (χ3v) is 1.96. The first kappa shape index (κ1) is 9.58. The van der Waals surface area contributed by atoms with Crippen LogP contribution in [-0.2, 0) is 0 Å². The van der Waals surface area contributed by atoms with E-state index >= 15 is 0 Å². The normalized spacial score (nSPS) is 10.0. The highest BCUT2D eigenvalue weighted by molar-refractivity contribution is 5.40. The predicted molar refractivity (Wildman–Crippen MR) is 56.4 cm³/mol. The molecule has 1 heterocycles. The van der Waals surface area contributed by atoms with E-state index in [1.807, 2.05) is 31.2 Å². The number of aromatic amines is 1. The van der Waals surface area contributed by atoms with Crippen molar-refractivity contribution in [3.05, 3.63) is 36.2 Å². The second-order valence-corrected chi connectivity index (χ2v) is 3.12. The molecule has 1 aromatic carbocycles. The Hall–Kier alpha value is -1.97. The van der Waals surface area contributed by atoms with Crippen LogP contribution in [0.1, 0.15) is 5.69 Å². The van der Waals surface area contributed by atoms with E-state index < -0.39 is 0 Å². The van der Waals surface area contributed by atoms with Gasteiger partial charge in [-0.25, -0.2) is 4.98 Å². The predicted octanol–water partition coefficient (Wildman–Crippen LogP) is 2.52. The Labute approximate surface area is 87.9 Å². The third-order valence-electron chi connectivity index (χ3n) is 1.96. The molecule has 0 amide bonds. The second-order valence-electron chi connectivity index (χ2n) is 3.12. The molecular formula is C11H12N2O2. The molecule has 2 rings (SSSR count). The molecule has 0 aliphatic heterocycles. The Morgan fingerprint density at radius 2 is 1.93 bits per heavy atom. The average molecular weight is 204 g/mol. The highest BCUT2D eigenvalue weighted by Gasteiger charge is 2.05. The van der Waals surface area contributed by atoms with E-state index in [1.54, 1.807) is 13.3 Å². The van der Waals surface area contributed by atoms with Gasteiger partial charge in [-0.2, -0.15) is 0 Å². The van der Waals surface area contributed by atoms with Gasteiger partial charge in [-0.1, -0.05) is 12.1 Å². The summed E-state index contributed by atoms with van der Waals surface area (Å²) in [6.45, 7) is 1.92. The number of imidazole rings is 1. The fraction of sp³-hybridized carbons (Fsp3) is 0.182. The van der Waals surface area contributed by atoms with E-state index in [4.69, 9.17) is 9.47 Å². The Balaban J connectivity index is 2.23. The van der Waals surface area contributed by atoms with E-state index in [0.29, 0.717) is 17.5 Å². The zero-order valence-corrected chi connectivity index (χ0v) is 8.65. The molecule has 0 fully saturated rings. The van der Waals surface area contributed by atoms with Gasteiger partial charge in [0, 0.05) is 5.69 Å². The summed E-state index contributed by atoms with van der Waals surface area (Å²) in [6.07, 6.45) is 1.71. The van der Waals surface area contributed by atoms with E-state index in [1.165, 1.54) is 0 Å². The maximum Gasteiger partial charge on any atom is 0.299 e. The van der Waals surface area contributed by atoms with E-state index in [-0.39, 0.29) is 0 Å². The van der Waals surface area contributed by atoms with Crippen molar-refractivity contribution in [3.63, 3.8) is 0 Å². The van der Waals surface area contributed by atoms with Crippen molar-refractivity contribution in [1.82, 2.24) is 9.97 Å². The minimum Gasteiger partial charge on any atom is -0.493 e. The van der Waals surface area contributed by atoms with Crippen molar-refractivity contribution in [1.29, 1.82) is 0 Å². The van der Waals surface area contributed by atoms with Crippen molar-refractivity contribution < 1.29 is 9.47 Å². The fourth-order valence-electron chi connectivity index (χ4n) is 1.25. The third kappa shape index (κ3) is 2.10. The lowest BCUT2D eigenvalue weighted by Crippen LogP contribution is -1.90. The molecule has 4 heteroatoms. The lowest BCUT2D eigenvalue weighted by Gasteiger charge is -2.06. The molecule has 0 aliphatic carbocycles. The highest BCUT2D eigenvalue weighted by atomic mass is 16.5. The number of H-pyrrole nitrogens is 1. The number of ether oxygens (including phenoxy) is 2. The van der Waals surface area contributed by atoms with Crippen LogP contribution in [0.3, 0.4) is 0 Å². The van der Waals surface area contributed by atoms with Gasteiger partial charge in [-0.05, 0) is 19.1 Å². The first-order chi connectivity index (χ1) is 7.29. The minimum absolute atomic E-state index is 0.469. The topological polar surface area (TPSA) is 47.1 Å². The number of benzene rings is 1. The van der Waals surface area contributed by atoms with Gasteiger partial charge in [-0.15, -0.1) is 0 Å². The van der Waals surface area contributed by atoms with Gasteiger partial charge >= 0.3 is 0 Å². The SMILES string of the molecule is COc1ccccc1Oc1ncc(C)[nH]1. The lowest BCUT2D eigenvalue weighted by atomic mass is 10.3. The molecule has 0 unspecified atom stereocenters. The summed E-state index contributed by atoms with van der Waals surface area (Å²) in [6, 6.07) is 7.91. The van der Waals surface area contributed by atoms with Crippen LogP contribution in [0.5, 0.6) is 17.5 Å². The van der Waals surface area contributed by atoms with Gasteiger partial charge < -0.3 is 14.5 Å². The van der Waals surface area contributed by atoms with E-state index in [9.17, 15) is 0 Å². The average Bonchev–Trinajstić information content (AvgIpc) is 2.65. The van der Waals surface area contributed by atoms with Gasteiger partial charge in [0.05, 0.1) is 13.3 Å². The number of hydrogen-bond donors (Lipinski definition) is 1. The summed E-state index contributed by atoms with van der Waals surface area (Å²) in [5.74, 6) is 1.33. The standard InChI is InChI=1S/C11H12N2O2/c1-8-7-12-11(13-8)15-10-6-4-3-5-9(10)14-2/h3-7H,1-2H3,(H,12,13). The Kier molecular flexibility index (Phi) is 2.58. The summed E-state index contributed by atoms with van der Waals surface area (Å²) in [5, 5.41) is 0. The highest BCUT2D eigenvalue weighted by Crippen LogP contribution is 2.29. The molecule has 0 saturated carbocycles. The zero-order valence-electron chi connectivity index (χ0n) is 8.65. The maximum absolute atomic E-state index is 5.53. The monoisotopic (exact) mass is 204 g/mol. The lowest BCUT2D eigenvalue weighted by molar-refractivity contribution is 0.369. The van der Waals surface area contributed by atoms with Crippen LogP contribution in [0.15, 0.2) is 30.5 Å². The quantitative estimate of drug-likeness (QED) is 0.835. The van der Waals surface area contributed by atoms with Gasteiger partial charge in [0.25, 0.3) is 6.01 Å². The summed E-state index contributed by atoms with van der Waals surface area (Å²) in [4.78, 5) is 7.04. The van der Waals surface area contributed by atoms with Crippen molar-refractivity contribution in [2.45, 2.75) is 6.92 Å². The molecule has 1 aromatic heterocycles. The number of nitrogens with zero attached hydrogens (tertiary/aromatic N) is 1. The number of hydrogen-bond acceptors (Lipinski definition) is 3. The molecule has 0 saturated heterocycles. The molecule has 4 nitrogen and oxygen atoms in total. The van der Waals surface area contributed by atoms with E-state index in [2.05, 4.69) is 9.97 Å². The van der Waals surface area contributed by atoms with Crippen molar-refractivity contribution in [2.75, 3.05) is 7.11 Å². The number of nitrogens with one attached hydrogen (secondary N) is 1. The zero-order chi connectivity index (χ0) is 10.7. The van der Waals surface area contributed by atoms with E-state index in [0.717, 1.165) is 5.69 Å². The van der Waals surface area contributed by atoms with Crippen LogP contribution in [-0.4, -0.2) is 17.1 Å². The number of aryl methyl sites for hydroxylation is 1. The molecule has 15 heavy (non-hydrogen) atoms. The number of aromatic nitrogens is 2. The summed E-state index contributed by atoms with van der Waals surface area (Å²) in [7, 11) is 1.61. The Morgan fingerprint density at radius 1 is 1.20 bits per heavy atom. The molecule has 0 spiro atoms. The van der Waals surface area contributed by atoms with Gasteiger partial charge in [0.1, 0.15) is 0 Å². The Bertz CT molecular complexity index is 451. The molecule has 1 N–H and O–H groups in total. The molecule has 78 valence electrons. The molecule has 0 radical (unpaired) electrons. The largest absolute Gasteiger partial charge is 0.493 e. The van der Waals surface area contributed by atoms with Crippen LogP contribution >= 0.6 is 0 Å². The number of rotatable bonds is 3. The second kappa shape index (κ2) is 4.04. The van der Waals surface area contributed by atoms with Crippen LogP contribution in [0.4, 0.5) is 0 Å². The van der Waals surface area contributed by atoms with Gasteiger partial charge in [0.15, 0.2) is 11.5 Å². The van der Waals surface area contributed by atoms with Crippen LogP contribution in [0.25, 0.3) is 0 Å². The number of para-hydroxylation sites is 2. The first-order valence-corrected chi connectivity index (χ1v) is 4.62. The smallest absolute Gasteiger partial charge is 0.299 e. The fourth-order valence-corrected chi connectivity index (χ4v) is 1.25. The molecular weight excluding hydrogens is 192 g/mol. The van der Waals surface area contributed by atoms with Crippen molar-refractivity contribution in [2.24, 2.45) is 0 Å². The summed E-state index contributed by atoms with van der Waals surface area (Å²) >= 11 is 0. The summed E-state index contributed by atoms with van der Waals surface area (Å²) < 4.78 is 10.7. The van der Waals surface area contributed by atoms with Crippen molar-refractivity contribution >= 4 is 0 Å². The first-order valence-electron chi connectivity index (χ1n) is 4.62. The van der Waals surface area contributed by atoms with Gasteiger partial charge in [-0.3, -0.25) is 0 Å².